The molecular weight excluding hydrogens is 400 g/mol. The van der Waals surface area contributed by atoms with E-state index in [0.29, 0.717) is 6.42 Å². The van der Waals surface area contributed by atoms with Crippen LogP contribution >= 0.6 is 0 Å². The smallest absolute Gasteiger partial charge is 0.328 e. The van der Waals surface area contributed by atoms with Gasteiger partial charge in [0.25, 0.3) is 0 Å². The molecule has 0 aromatic rings. The first-order valence-electron chi connectivity index (χ1n) is 9.57. The van der Waals surface area contributed by atoms with Crippen molar-refractivity contribution >= 4 is 29.7 Å². The van der Waals surface area contributed by atoms with Gasteiger partial charge in [0.05, 0.1) is 19.1 Å². The Morgan fingerprint density at radius 2 is 1.37 bits per heavy atom. The first kappa shape index (κ1) is 27.3. The van der Waals surface area contributed by atoms with Crippen molar-refractivity contribution in [1.29, 1.82) is 0 Å². The maximum Gasteiger partial charge on any atom is 0.328 e. The lowest BCUT2D eigenvalue weighted by Crippen LogP contribution is -2.60. The van der Waals surface area contributed by atoms with Gasteiger partial charge in [-0.2, -0.15) is 0 Å². The minimum atomic E-state index is -1.53. The zero-order valence-corrected chi connectivity index (χ0v) is 17.5. The number of nitrogens with one attached hydrogen (secondary N) is 3. The molecule has 0 bridgehead atoms. The molecule has 3 amide bonds. The van der Waals surface area contributed by atoms with Crippen LogP contribution in [0.1, 0.15) is 40.5 Å². The molecule has 172 valence electrons. The molecule has 12 heteroatoms. The molecule has 0 aromatic heterocycles. The van der Waals surface area contributed by atoms with Gasteiger partial charge in [-0.1, -0.05) is 34.1 Å². The van der Waals surface area contributed by atoms with E-state index >= 15 is 0 Å². The van der Waals surface area contributed by atoms with Crippen LogP contribution in [0.25, 0.3) is 0 Å². The number of carboxylic acid groups (broad SMARTS) is 2. The van der Waals surface area contributed by atoms with Crippen LogP contribution in [0, 0.1) is 11.8 Å². The minimum absolute atomic E-state index is 0.389. The van der Waals surface area contributed by atoms with Crippen molar-refractivity contribution in [2.45, 2.75) is 64.7 Å². The summed E-state index contributed by atoms with van der Waals surface area (Å²) >= 11 is 0. The van der Waals surface area contributed by atoms with Gasteiger partial charge in [0, 0.05) is 0 Å². The van der Waals surface area contributed by atoms with E-state index in [2.05, 4.69) is 16.0 Å². The highest BCUT2D eigenvalue weighted by Gasteiger charge is 2.33. The normalized spacial score (nSPS) is 16.0. The van der Waals surface area contributed by atoms with Gasteiger partial charge in [-0.05, 0) is 11.8 Å². The number of carbonyl (C=O) groups excluding carboxylic acids is 3. The Bertz CT molecular complexity index is 640. The van der Waals surface area contributed by atoms with E-state index in [1.807, 2.05) is 0 Å². The maximum atomic E-state index is 12.8. The summed E-state index contributed by atoms with van der Waals surface area (Å²) < 4.78 is 0. The monoisotopic (exact) mass is 432 g/mol. The van der Waals surface area contributed by atoms with Crippen LogP contribution in [0.4, 0.5) is 0 Å². The van der Waals surface area contributed by atoms with Crippen molar-refractivity contribution in [2.75, 3.05) is 6.61 Å². The van der Waals surface area contributed by atoms with Crippen molar-refractivity contribution in [3.63, 3.8) is 0 Å². The molecule has 5 atom stereocenters. The maximum absolute atomic E-state index is 12.8. The van der Waals surface area contributed by atoms with E-state index in [1.165, 1.54) is 0 Å². The largest absolute Gasteiger partial charge is 0.481 e. The molecule has 0 fully saturated rings. The number of carbonyl (C=O) groups is 5. The molecule has 0 saturated heterocycles. The fourth-order valence-corrected chi connectivity index (χ4v) is 2.47. The Balaban J connectivity index is 5.41. The Kier molecular flexibility index (Phi) is 11.6. The first-order chi connectivity index (χ1) is 13.8. The predicted molar refractivity (Wildman–Crippen MR) is 105 cm³/mol. The number of aliphatic carboxylic acids is 2. The van der Waals surface area contributed by atoms with E-state index in [9.17, 15) is 24.0 Å². The summed E-state index contributed by atoms with van der Waals surface area (Å²) in [7, 11) is 0. The summed E-state index contributed by atoms with van der Waals surface area (Å²) in [4.78, 5) is 59.2. The van der Waals surface area contributed by atoms with Crippen LogP contribution in [-0.2, 0) is 24.0 Å². The average Bonchev–Trinajstić information content (AvgIpc) is 2.65. The third kappa shape index (κ3) is 8.74. The van der Waals surface area contributed by atoms with E-state index in [-0.39, 0.29) is 5.92 Å². The highest BCUT2D eigenvalue weighted by atomic mass is 16.4. The molecule has 5 unspecified atom stereocenters. The molecule has 0 rings (SSSR count). The summed E-state index contributed by atoms with van der Waals surface area (Å²) in [5.41, 5.74) is 5.52. The van der Waals surface area contributed by atoms with Gasteiger partial charge in [0.2, 0.25) is 17.7 Å². The van der Waals surface area contributed by atoms with Gasteiger partial charge in [0.1, 0.15) is 18.1 Å². The highest BCUT2D eigenvalue weighted by molar-refractivity contribution is 5.95. The Labute approximate surface area is 174 Å². The fraction of sp³-hybridized carbons (Fsp3) is 0.722. The summed E-state index contributed by atoms with van der Waals surface area (Å²) in [6.45, 7) is 5.89. The van der Waals surface area contributed by atoms with Crippen LogP contribution in [0.5, 0.6) is 0 Å². The van der Waals surface area contributed by atoms with Gasteiger partial charge < -0.3 is 37.0 Å². The lowest BCUT2D eigenvalue weighted by Gasteiger charge is -2.29. The summed E-state index contributed by atoms with van der Waals surface area (Å²) in [6, 6.07) is -5.12. The molecule has 0 aliphatic rings. The van der Waals surface area contributed by atoms with Gasteiger partial charge in [-0.15, -0.1) is 0 Å². The molecule has 0 aliphatic carbocycles. The average molecular weight is 432 g/mol. The van der Waals surface area contributed by atoms with Gasteiger partial charge in [-0.25, -0.2) is 4.79 Å². The van der Waals surface area contributed by atoms with E-state index < -0.39 is 72.8 Å². The topological polar surface area (TPSA) is 208 Å². The third-order valence-corrected chi connectivity index (χ3v) is 4.57. The second-order valence-corrected chi connectivity index (χ2v) is 7.39. The number of hydrogen-bond donors (Lipinski definition) is 7. The molecule has 0 aliphatic heterocycles. The quantitative estimate of drug-likeness (QED) is 0.172. The summed E-state index contributed by atoms with van der Waals surface area (Å²) in [5, 5.41) is 33.9. The Hall–Kier alpha value is -2.73. The predicted octanol–water partition coefficient (Wildman–Crippen LogP) is -1.98. The van der Waals surface area contributed by atoms with E-state index in [4.69, 9.17) is 21.1 Å². The van der Waals surface area contributed by atoms with Gasteiger partial charge >= 0.3 is 11.9 Å². The molecular formula is C18H32N4O8. The van der Waals surface area contributed by atoms with Crippen molar-refractivity contribution in [2.24, 2.45) is 17.6 Å². The number of nitrogens with two attached hydrogens (primary N) is 1. The second kappa shape index (κ2) is 12.8. The highest BCUT2D eigenvalue weighted by Crippen LogP contribution is 2.11. The lowest BCUT2D eigenvalue weighted by atomic mass is 9.96. The number of aliphatic hydroxyl groups excluding tert-OH is 1. The third-order valence-electron chi connectivity index (χ3n) is 4.57. The summed E-state index contributed by atoms with van der Waals surface area (Å²) in [6.07, 6.45) is -0.147. The van der Waals surface area contributed by atoms with Crippen LogP contribution in [0.3, 0.4) is 0 Å². The van der Waals surface area contributed by atoms with Crippen LogP contribution < -0.4 is 21.7 Å². The van der Waals surface area contributed by atoms with Crippen molar-refractivity contribution < 1.29 is 39.3 Å². The molecule has 0 spiro atoms. The molecule has 0 radical (unpaired) electrons. The van der Waals surface area contributed by atoms with Crippen LogP contribution in [0.2, 0.25) is 0 Å². The molecule has 0 aromatic carbocycles. The number of aliphatic hydroxyl groups is 1. The SMILES string of the molecule is CCC(C)C(NC(=O)C(NC(=O)C(N)CC(=O)O)C(C)C)C(=O)NC(CO)C(=O)O. The van der Waals surface area contributed by atoms with Crippen LogP contribution in [-0.4, -0.2) is 75.8 Å². The van der Waals surface area contributed by atoms with Gasteiger partial charge in [0.15, 0.2) is 0 Å². The van der Waals surface area contributed by atoms with Crippen molar-refractivity contribution in [1.82, 2.24) is 16.0 Å². The zero-order chi connectivity index (χ0) is 23.6. The van der Waals surface area contributed by atoms with Crippen molar-refractivity contribution in [3.05, 3.63) is 0 Å². The minimum Gasteiger partial charge on any atom is -0.481 e. The molecule has 12 nitrogen and oxygen atoms in total. The number of rotatable bonds is 13. The first-order valence-corrected chi connectivity index (χ1v) is 9.57. The standard InChI is InChI=1S/C18H32N4O8/c1-5-9(4)14(17(28)20-11(7-23)18(29)30)22-16(27)13(8(2)3)21-15(26)10(19)6-12(24)25/h8-11,13-14,23H,5-7,19H2,1-4H3,(H,20,28)(H,21,26)(H,22,27)(H,24,25)(H,29,30). The van der Waals surface area contributed by atoms with Crippen LogP contribution in [0.15, 0.2) is 0 Å². The fourth-order valence-electron chi connectivity index (χ4n) is 2.47. The number of hydrogen-bond acceptors (Lipinski definition) is 7. The van der Waals surface area contributed by atoms with Gasteiger partial charge in [-0.3, -0.25) is 19.2 Å². The summed E-state index contributed by atoms with van der Waals surface area (Å²) in [5.74, 6) is -5.85. The van der Waals surface area contributed by atoms with Crippen molar-refractivity contribution in [3.8, 4) is 0 Å². The molecule has 8 N–H and O–H groups in total. The zero-order valence-electron chi connectivity index (χ0n) is 17.5. The molecule has 30 heavy (non-hydrogen) atoms. The Morgan fingerprint density at radius 1 is 0.867 bits per heavy atom. The number of amides is 3. The molecule has 0 saturated carbocycles. The number of carboxylic acids is 2. The van der Waals surface area contributed by atoms with E-state index in [1.54, 1.807) is 27.7 Å². The second-order valence-electron chi connectivity index (χ2n) is 7.39. The van der Waals surface area contributed by atoms with E-state index in [0.717, 1.165) is 0 Å². The molecule has 0 heterocycles. The lowest BCUT2D eigenvalue weighted by molar-refractivity contribution is -0.143. The Morgan fingerprint density at radius 3 is 1.77 bits per heavy atom.